The van der Waals surface area contributed by atoms with Crippen LogP contribution in [-0.2, 0) is 9.53 Å². The van der Waals surface area contributed by atoms with Gasteiger partial charge >= 0.3 is 5.97 Å². The molecule has 0 aromatic carbocycles. The molecule has 0 aromatic heterocycles. The molecule has 4 unspecified atom stereocenters. The molecule has 7 heteroatoms. The van der Waals surface area contributed by atoms with Gasteiger partial charge in [-0.15, -0.1) is 0 Å². The van der Waals surface area contributed by atoms with Crippen LogP contribution in [0, 0.1) is 0 Å². The van der Waals surface area contributed by atoms with Gasteiger partial charge < -0.3 is 30.3 Å². The summed E-state index contributed by atoms with van der Waals surface area (Å²) in [4.78, 5) is 12.0. The smallest absolute Gasteiger partial charge is 0.306 e. The highest BCUT2D eigenvalue weighted by Gasteiger charge is 2.50. The number of ether oxygens (including phenoxy) is 1. The first-order valence-corrected chi connectivity index (χ1v) is 12.1. The third-order valence-corrected chi connectivity index (χ3v) is 5.98. The van der Waals surface area contributed by atoms with Crippen LogP contribution in [0.2, 0.25) is 0 Å². The molecule has 31 heavy (non-hydrogen) atoms. The van der Waals surface area contributed by atoms with E-state index in [9.17, 15) is 30.3 Å². The van der Waals surface area contributed by atoms with E-state index in [0.717, 1.165) is 32.1 Å². The Kier molecular flexibility index (Phi) is 15.0. The van der Waals surface area contributed by atoms with Crippen LogP contribution in [0.3, 0.4) is 0 Å². The Labute approximate surface area is 187 Å². The number of allylic oxidation sites excluding steroid dienone is 2. The molecule has 0 heterocycles. The Morgan fingerprint density at radius 3 is 1.58 bits per heavy atom. The second-order valence-electron chi connectivity index (χ2n) is 8.74. The highest BCUT2D eigenvalue weighted by Crippen LogP contribution is 2.24. The van der Waals surface area contributed by atoms with Crippen LogP contribution in [0.5, 0.6) is 0 Å². The van der Waals surface area contributed by atoms with E-state index in [1.54, 1.807) is 0 Å². The summed E-state index contributed by atoms with van der Waals surface area (Å²) in [6, 6.07) is 0. The van der Waals surface area contributed by atoms with Gasteiger partial charge in [0.15, 0.2) is 6.10 Å². The van der Waals surface area contributed by atoms with E-state index in [1.807, 2.05) is 0 Å². The minimum atomic E-state index is -1.69. The van der Waals surface area contributed by atoms with E-state index in [2.05, 4.69) is 19.1 Å². The van der Waals surface area contributed by atoms with Crippen molar-refractivity contribution in [3.63, 3.8) is 0 Å². The second-order valence-corrected chi connectivity index (χ2v) is 8.74. The number of aliphatic hydroxyl groups is 5. The summed E-state index contributed by atoms with van der Waals surface area (Å²) in [6.45, 7) is 2.24. The van der Waals surface area contributed by atoms with E-state index in [0.29, 0.717) is 6.42 Å². The van der Waals surface area contributed by atoms with Crippen molar-refractivity contribution in [2.75, 3.05) is 0 Å². The maximum atomic E-state index is 12.0. The van der Waals surface area contributed by atoms with Crippen LogP contribution < -0.4 is 0 Å². The van der Waals surface area contributed by atoms with Gasteiger partial charge in [-0.1, -0.05) is 70.4 Å². The highest BCUT2D eigenvalue weighted by molar-refractivity contribution is 5.69. The number of carbonyl (C=O) groups is 1. The maximum Gasteiger partial charge on any atom is 0.306 e. The Balaban J connectivity index is 2.02. The average Bonchev–Trinajstić information content (AvgIpc) is 2.76. The summed E-state index contributed by atoms with van der Waals surface area (Å²) >= 11 is 0. The third-order valence-electron chi connectivity index (χ3n) is 5.98. The van der Waals surface area contributed by atoms with Crippen molar-refractivity contribution < 1.29 is 35.1 Å². The van der Waals surface area contributed by atoms with Gasteiger partial charge in [-0.2, -0.15) is 0 Å². The summed E-state index contributed by atoms with van der Waals surface area (Å²) < 4.78 is 5.04. The fourth-order valence-electron chi connectivity index (χ4n) is 3.89. The molecule has 1 aliphatic carbocycles. The predicted molar refractivity (Wildman–Crippen MR) is 119 cm³/mol. The Morgan fingerprint density at radius 2 is 1.06 bits per heavy atom. The van der Waals surface area contributed by atoms with E-state index in [4.69, 9.17) is 4.74 Å². The zero-order chi connectivity index (χ0) is 23.1. The lowest BCUT2D eigenvalue weighted by atomic mass is 9.85. The second kappa shape index (κ2) is 16.6. The molecule has 5 N–H and O–H groups in total. The number of esters is 1. The van der Waals surface area contributed by atoms with Crippen molar-refractivity contribution >= 4 is 5.97 Å². The first kappa shape index (κ1) is 28.0. The Morgan fingerprint density at radius 1 is 0.645 bits per heavy atom. The van der Waals surface area contributed by atoms with Gasteiger partial charge in [-0.05, 0) is 32.1 Å². The summed E-state index contributed by atoms with van der Waals surface area (Å²) in [5, 5.41) is 48.6. The van der Waals surface area contributed by atoms with Gasteiger partial charge in [0.25, 0.3) is 0 Å². The van der Waals surface area contributed by atoms with Crippen LogP contribution in [0.1, 0.15) is 96.8 Å². The molecule has 0 saturated heterocycles. The minimum absolute atomic E-state index is 0.142. The standard InChI is InChI=1S/C24H44O7/c1-2-3-4-5-6-7-8-9-10-11-12-13-14-15-16-17-18(25)31-24-22(29)20(27)19(26)21(28)23(24)30/h9-10,19-24,26-30H,2-8,11-17H2,1H3/b10-9-. The minimum Gasteiger partial charge on any atom is -0.457 e. The summed E-state index contributed by atoms with van der Waals surface area (Å²) in [5.74, 6) is -0.600. The molecule has 0 bridgehead atoms. The first-order valence-electron chi connectivity index (χ1n) is 12.1. The quantitative estimate of drug-likeness (QED) is 0.141. The normalized spacial score (nSPS) is 28.8. The van der Waals surface area contributed by atoms with Gasteiger partial charge in [0, 0.05) is 6.42 Å². The summed E-state index contributed by atoms with van der Waals surface area (Å²) in [5.41, 5.74) is 0. The van der Waals surface area contributed by atoms with Crippen molar-refractivity contribution in [1.29, 1.82) is 0 Å². The van der Waals surface area contributed by atoms with Crippen LogP contribution in [-0.4, -0.2) is 68.1 Å². The number of rotatable bonds is 16. The fraction of sp³-hybridized carbons (Fsp3) is 0.875. The molecule has 7 nitrogen and oxygen atoms in total. The number of hydrogen-bond donors (Lipinski definition) is 5. The average molecular weight is 445 g/mol. The Hall–Kier alpha value is -0.990. The van der Waals surface area contributed by atoms with E-state index >= 15 is 0 Å². The molecule has 0 aromatic rings. The van der Waals surface area contributed by atoms with Gasteiger partial charge in [0.05, 0.1) is 0 Å². The van der Waals surface area contributed by atoms with Crippen LogP contribution >= 0.6 is 0 Å². The monoisotopic (exact) mass is 444 g/mol. The van der Waals surface area contributed by atoms with Gasteiger partial charge in [-0.3, -0.25) is 4.79 Å². The lowest BCUT2D eigenvalue weighted by molar-refractivity contribution is -0.233. The molecule has 0 aliphatic heterocycles. The van der Waals surface area contributed by atoms with Crippen LogP contribution in [0.4, 0.5) is 0 Å². The molecule has 0 spiro atoms. The Bertz CT molecular complexity index is 480. The zero-order valence-corrected chi connectivity index (χ0v) is 19.1. The maximum absolute atomic E-state index is 12.0. The number of carbonyl (C=O) groups excluding carboxylic acids is 1. The first-order chi connectivity index (χ1) is 14.9. The van der Waals surface area contributed by atoms with Crippen LogP contribution in [0.25, 0.3) is 0 Å². The van der Waals surface area contributed by atoms with E-state index < -0.39 is 42.6 Å². The van der Waals surface area contributed by atoms with Crippen molar-refractivity contribution in [2.24, 2.45) is 0 Å². The molecule has 1 saturated carbocycles. The van der Waals surface area contributed by atoms with E-state index in [1.165, 1.54) is 44.9 Å². The molecular formula is C24H44O7. The van der Waals surface area contributed by atoms with Gasteiger partial charge in [0.2, 0.25) is 0 Å². The molecule has 0 radical (unpaired) electrons. The topological polar surface area (TPSA) is 127 Å². The van der Waals surface area contributed by atoms with Crippen molar-refractivity contribution in [3.05, 3.63) is 12.2 Å². The molecule has 0 amide bonds. The lowest BCUT2D eigenvalue weighted by Crippen LogP contribution is -2.64. The molecule has 182 valence electrons. The summed E-state index contributed by atoms with van der Waals surface area (Å²) in [6.07, 6.45) is 9.90. The SMILES string of the molecule is CCCCCCCC/C=C\CCCCCCCC(=O)OC1C(O)C(O)C(O)C(O)C1O. The zero-order valence-electron chi connectivity index (χ0n) is 19.1. The van der Waals surface area contributed by atoms with Crippen LogP contribution in [0.15, 0.2) is 12.2 Å². The highest BCUT2D eigenvalue weighted by atomic mass is 16.6. The summed E-state index contributed by atoms with van der Waals surface area (Å²) in [7, 11) is 0. The molecule has 1 rings (SSSR count). The largest absolute Gasteiger partial charge is 0.457 e. The third kappa shape index (κ3) is 10.9. The number of hydrogen-bond acceptors (Lipinski definition) is 7. The lowest BCUT2D eigenvalue weighted by Gasteiger charge is -2.41. The molecular weight excluding hydrogens is 400 g/mol. The van der Waals surface area contributed by atoms with E-state index in [-0.39, 0.29) is 6.42 Å². The van der Waals surface area contributed by atoms with Crippen molar-refractivity contribution in [2.45, 2.75) is 133 Å². The fourth-order valence-corrected chi connectivity index (χ4v) is 3.89. The molecule has 4 atom stereocenters. The van der Waals surface area contributed by atoms with Crippen molar-refractivity contribution in [1.82, 2.24) is 0 Å². The predicted octanol–water partition coefficient (Wildman–Crippen LogP) is 2.75. The number of aliphatic hydroxyl groups excluding tert-OH is 5. The molecule has 1 fully saturated rings. The molecule has 1 aliphatic rings. The van der Waals surface area contributed by atoms with Gasteiger partial charge in [-0.25, -0.2) is 0 Å². The van der Waals surface area contributed by atoms with Gasteiger partial charge in [0.1, 0.15) is 30.5 Å². The van der Waals surface area contributed by atoms with Crippen molar-refractivity contribution in [3.8, 4) is 0 Å². The number of unbranched alkanes of at least 4 members (excludes halogenated alkanes) is 11.